The number of nitro groups is 1. The smallest absolute Gasteiger partial charge is 0.270 e. The molecular weight excluding hydrogens is 248 g/mol. The van der Waals surface area contributed by atoms with Gasteiger partial charge >= 0.3 is 0 Å². The van der Waals surface area contributed by atoms with Gasteiger partial charge in [-0.2, -0.15) is 4.98 Å². The molecule has 0 fully saturated rings. The van der Waals surface area contributed by atoms with E-state index in [1.807, 2.05) is 6.92 Å². The van der Waals surface area contributed by atoms with Crippen molar-refractivity contribution in [3.05, 3.63) is 40.3 Å². The van der Waals surface area contributed by atoms with Crippen molar-refractivity contribution < 1.29 is 9.45 Å². The minimum Gasteiger partial charge on any atom is -0.337 e. The van der Waals surface area contributed by atoms with Crippen molar-refractivity contribution >= 4 is 5.69 Å². The van der Waals surface area contributed by atoms with E-state index < -0.39 is 4.92 Å². The Morgan fingerprint density at radius 2 is 2.32 bits per heavy atom. The Labute approximate surface area is 109 Å². The Kier molecular flexibility index (Phi) is 3.86. The molecule has 0 unspecified atom stereocenters. The predicted molar refractivity (Wildman–Crippen MR) is 68.2 cm³/mol. The normalized spacial score (nSPS) is 12.3. The lowest BCUT2D eigenvalue weighted by Crippen LogP contribution is -2.09. The Morgan fingerprint density at radius 3 is 3.00 bits per heavy atom. The van der Waals surface area contributed by atoms with Crippen LogP contribution in [0.3, 0.4) is 0 Å². The second kappa shape index (κ2) is 5.57. The van der Waals surface area contributed by atoms with E-state index in [0.717, 1.165) is 12.8 Å². The molecule has 0 saturated carbocycles. The van der Waals surface area contributed by atoms with Gasteiger partial charge in [0.15, 0.2) is 0 Å². The molecule has 1 aromatic heterocycles. The number of benzene rings is 1. The number of hydrogen-bond acceptors (Lipinski definition) is 6. The van der Waals surface area contributed by atoms with Gasteiger partial charge in [-0.25, -0.2) is 0 Å². The molecular formula is C12H14N4O3. The molecule has 0 bridgehead atoms. The zero-order valence-electron chi connectivity index (χ0n) is 10.4. The summed E-state index contributed by atoms with van der Waals surface area (Å²) in [6.45, 7) is 2.01. The average molecular weight is 262 g/mol. The second-order valence-corrected chi connectivity index (χ2v) is 4.16. The van der Waals surface area contributed by atoms with Gasteiger partial charge < -0.3 is 10.3 Å². The SMILES string of the molecule is CCC[C@@H](N)c1nc(-c2cccc([N+](=O)[O-])c2)no1. The fourth-order valence-electron chi connectivity index (χ4n) is 1.70. The van der Waals surface area contributed by atoms with Gasteiger partial charge in [-0.05, 0) is 6.42 Å². The first-order chi connectivity index (χ1) is 9.11. The second-order valence-electron chi connectivity index (χ2n) is 4.16. The van der Waals surface area contributed by atoms with Crippen LogP contribution in [-0.4, -0.2) is 15.1 Å². The summed E-state index contributed by atoms with van der Waals surface area (Å²) in [5.74, 6) is 0.661. The number of hydrogen-bond donors (Lipinski definition) is 1. The largest absolute Gasteiger partial charge is 0.337 e. The van der Waals surface area contributed by atoms with Crippen molar-refractivity contribution in [2.45, 2.75) is 25.8 Å². The monoisotopic (exact) mass is 262 g/mol. The fraction of sp³-hybridized carbons (Fsp3) is 0.333. The highest BCUT2D eigenvalue weighted by Gasteiger charge is 2.16. The summed E-state index contributed by atoms with van der Waals surface area (Å²) in [5.41, 5.74) is 6.39. The predicted octanol–water partition coefficient (Wildman–Crippen LogP) is 2.44. The van der Waals surface area contributed by atoms with E-state index in [-0.39, 0.29) is 11.7 Å². The fourth-order valence-corrected chi connectivity index (χ4v) is 1.70. The molecule has 0 saturated heterocycles. The number of aromatic nitrogens is 2. The molecule has 100 valence electrons. The van der Waals surface area contributed by atoms with Crippen LogP contribution in [0.15, 0.2) is 28.8 Å². The maximum Gasteiger partial charge on any atom is 0.270 e. The van der Waals surface area contributed by atoms with E-state index in [1.165, 1.54) is 12.1 Å². The van der Waals surface area contributed by atoms with E-state index in [2.05, 4.69) is 10.1 Å². The Morgan fingerprint density at radius 1 is 1.53 bits per heavy atom. The first-order valence-electron chi connectivity index (χ1n) is 5.96. The van der Waals surface area contributed by atoms with Crippen LogP contribution in [0.1, 0.15) is 31.7 Å². The van der Waals surface area contributed by atoms with Gasteiger partial charge in [0.1, 0.15) is 0 Å². The summed E-state index contributed by atoms with van der Waals surface area (Å²) in [7, 11) is 0. The van der Waals surface area contributed by atoms with E-state index in [1.54, 1.807) is 12.1 Å². The van der Waals surface area contributed by atoms with Gasteiger partial charge in [0.25, 0.3) is 5.69 Å². The van der Waals surface area contributed by atoms with Gasteiger partial charge in [0.05, 0.1) is 11.0 Å². The highest BCUT2D eigenvalue weighted by molar-refractivity contribution is 5.58. The first-order valence-corrected chi connectivity index (χ1v) is 5.96. The maximum absolute atomic E-state index is 10.7. The molecule has 7 nitrogen and oxygen atoms in total. The zero-order valence-corrected chi connectivity index (χ0v) is 10.4. The summed E-state index contributed by atoms with van der Waals surface area (Å²) in [5, 5.41) is 14.5. The van der Waals surface area contributed by atoms with Crippen LogP contribution in [0.5, 0.6) is 0 Å². The van der Waals surface area contributed by atoms with Gasteiger partial charge in [-0.15, -0.1) is 0 Å². The number of nitrogens with two attached hydrogens (primary N) is 1. The van der Waals surface area contributed by atoms with Crippen molar-refractivity contribution in [2.24, 2.45) is 5.73 Å². The van der Waals surface area contributed by atoms with E-state index in [4.69, 9.17) is 10.3 Å². The number of nitrogens with zero attached hydrogens (tertiary/aromatic N) is 3. The topological polar surface area (TPSA) is 108 Å². The number of nitro benzene ring substituents is 1. The molecule has 1 heterocycles. The van der Waals surface area contributed by atoms with Crippen LogP contribution in [0.2, 0.25) is 0 Å². The third kappa shape index (κ3) is 2.94. The van der Waals surface area contributed by atoms with Crippen LogP contribution in [-0.2, 0) is 0 Å². The highest BCUT2D eigenvalue weighted by Crippen LogP contribution is 2.23. The molecule has 2 aromatic rings. The lowest BCUT2D eigenvalue weighted by atomic mass is 10.2. The Balaban J connectivity index is 2.27. The molecule has 2 rings (SSSR count). The molecule has 1 atom stereocenters. The highest BCUT2D eigenvalue weighted by atomic mass is 16.6. The lowest BCUT2D eigenvalue weighted by molar-refractivity contribution is -0.384. The van der Waals surface area contributed by atoms with E-state index in [9.17, 15) is 10.1 Å². The molecule has 0 spiro atoms. The van der Waals surface area contributed by atoms with Crippen molar-refractivity contribution in [3.8, 4) is 11.4 Å². The summed E-state index contributed by atoms with van der Waals surface area (Å²) >= 11 is 0. The van der Waals surface area contributed by atoms with Crippen LogP contribution >= 0.6 is 0 Å². The number of rotatable bonds is 5. The lowest BCUT2D eigenvalue weighted by Gasteiger charge is -2.02. The van der Waals surface area contributed by atoms with Gasteiger partial charge in [0, 0.05) is 17.7 Å². The minimum absolute atomic E-state index is 0.0123. The van der Waals surface area contributed by atoms with Gasteiger partial charge in [-0.1, -0.05) is 30.6 Å². The summed E-state index contributed by atoms with van der Waals surface area (Å²) in [4.78, 5) is 14.4. The van der Waals surface area contributed by atoms with Crippen LogP contribution < -0.4 is 5.73 Å². The Hall–Kier alpha value is -2.28. The van der Waals surface area contributed by atoms with Gasteiger partial charge in [0.2, 0.25) is 11.7 Å². The quantitative estimate of drug-likeness (QED) is 0.654. The summed E-state index contributed by atoms with van der Waals surface area (Å²) in [6, 6.07) is 5.78. The summed E-state index contributed by atoms with van der Waals surface area (Å²) in [6.07, 6.45) is 1.66. The Bertz CT molecular complexity index is 582. The van der Waals surface area contributed by atoms with Crippen LogP contribution in [0, 0.1) is 10.1 Å². The van der Waals surface area contributed by atoms with Crippen LogP contribution in [0.4, 0.5) is 5.69 Å². The average Bonchev–Trinajstić information content (AvgIpc) is 2.89. The molecule has 1 aromatic carbocycles. The standard InChI is InChI=1S/C12H14N4O3/c1-2-4-10(13)12-14-11(15-19-12)8-5-3-6-9(7-8)16(17)18/h3,5-7,10H,2,4,13H2,1H3/t10-/m1/s1. The molecule has 0 aliphatic carbocycles. The first kappa shape index (κ1) is 13.2. The van der Waals surface area contributed by atoms with Crippen molar-refractivity contribution in [3.63, 3.8) is 0 Å². The zero-order chi connectivity index (χ0) is 13.8. The minimum atomic E-state index is -0.465. The van der Waals surface area contributed by atoms with Gasteiger partial charge in [-0.3, -0.25) is 10.1 Å². The molecule has 0 amide bonds. The number of non-ortho nitro benzene ring substituents is 1. The third-order valence-electron chi connectivity index (χ3n) is 2.67. The van der Waals surface area contributed by atoms with E-state index >= 15 is 0 Å². The molecule has 0 aliphatic rings. The van der Waals surface area contributed by atoms with Crippen molar-refractivity contribution in [1.82, 2.24) is 10.1 Å². The molecule has 0 radical (unpaired) electrons. The summed E-state index contributed by atoms with van der Waals surface area (Å²) < 4.78 is 5.08. The maximum atomic E-state index is 10.7. The molecule has 0 aliphatic heterocycles. The third-order valence-corrected chi connectivity index (χ3v) is 2.67. The molecule has 19 heavy (non-hydrogen) atoms. The van der Waals surface area contributed by atoms with Crippen molar-refractivity contribution in [1.29, 1.82) is 0 Å². The van der Waals surface area contributed by atoms with Crippen LogP contribution in [0.25, 0.3) is 11.4 Å². The van der Waals surface area contributed by atoms with Crippen molar-refractivity contribution in [2.75, 3.05) is 0 Å². The molecule has 7 heteroatoms. The van der Waals surface area contributed by atoms with E-state index in [0.29, 0.717) is 17.3 Å². The molecule has 2 N–H and O–H groups in total.